The van der Waals surface area contributed by atoms with Gasteiger partial charge < -0.3 is 43.9 Å². The molecule has 15 heteroatoms. The van der Waals surface area contributed by atoms with Gasteiger partial charge in [0.1, 0.15) is 5.82 Å². The van der Waals surface area contributed by atoms with Crippen LogP contribution in [0.25, 0.3) is 10.9 Å². The van der Waals surface area contributed by atoms with E-state index < -0.39 is 0 Å². The van der Waals surface area contributed by atoms with E-state index in [-0.39, 0.29) is 69.1 Å². The number of methoxy groups -OCH3 is 3. The first-order chi connectivity index (χ1) is 26.6. The van der Waals surface area contributed by atoms with Crippen molar-refractivity contribution in [2.24, 2.45) is 13.0 Å². The van der Waals surface area contributed by atoms with Crippen molar-refractivity contribution < 1.29 is 38.5 Å². The second kappa shape index (κ2) is 18.9. The fourth-order valence-corrected chi connectivity index (χ4v) is 7.24. The van der Waals surface area contributed by atoms with Crippen LogP contribution in [0.2, 0.25) is 0 Å². The summed E-state index contributed by atoms with van der Waals surface area (Å²) in [6.45, 7) is 4.69. The number of amides is 3. The van der Waals surface area contributed by atoms with Gasteiger partial charge >= 0.3 is 0 Å². The van der Waals surface area contributed by atoms with Crippen molar-refractivity contribution in [3.8, 4) is 17.2 Å². The lowest BCUT2D eigenvalue weighted by molar-refractivity contribution is -0.132. The summed E-state index contributed by atoms with van der Waals surface area (Å²) in [6.07, 6.45) is 8.22. The van der Waals surface area contributed by atoms with Crippen molar-refractivity contribution in [3.63, 3.8) is 0 Å². The number of carbonyl (C=O) groups excluding carboxylic acids is 3. The molecule has 0 radical (unpaired) electrons. The van der Waals surface area contributed by atoms with Crippen LogP contribution in [-0.4, -0.2) is 114 Å². The average molecular weight is 758 g/mol. The summed E-state index contributed by atoms with van der Waals surface area (Å²) in [7, 11) is 6.65. The molecule has 3 amide bonds. The SMILES string of the molecule is COc1cc2nc3c(cc2c(OC)c1OC)CN(C(=O)c1ccn(C)c1C)CCN(C(=O)CCc1ccncc1)CCC(=O)NCC1CCCN3C1.O=CO. The molecule has 1 aromatic carbocycles. The highest BCUT2D eigenvalue weighted by molar-refractivity contribution is 5.96. The summed E-state index contributed by atoms with van der Waals surface area (Å²) in [5, 5.41) is 10.8. The van der Waals surface area contributed by atoms with Crippen molar-refractivity contribution in [2.75, 3.05) is 65.5 Å². The van der Waals surface area contributed by atoms with Crippen molar-refractivity contribution in [1.82, 2.24) is 29.7 Å². The minimum absolute atomic E-state index is 0.0713. The van der Waals surface area contributed by atoms with Crippen LogP contribution in [0.4, 0.5) is 5.82 Å². The molecule has 2 aliphatic heterocycles. The Bertz CT molecular complexity index is 1970. The van der Waals surface area contributed by atoms with Crippen LogP contribution in [0.15, 0.2) is 48.9 Å². The number of benzene rings is 1. The lowest BCUT2D eigenvalue weighted by Crippen LogP contribution is -2.42. The summed E-state index contributed by atoms with van der Waals surface area (Å²) < 4.78 is 19.2. The molecule has 1 atom stereocenters. The van der Waals surface area contributed by atoms with Crippen molar-refractivity contribution >= 4 is 40.9 Å². The number of pyridine rings is 2. The Kier molecular flexibility index (Phi) is 13.9. The number of hydrogen-bond acceptors (Lipinski definition) is 10. The first-order valence-electron chi connectivity index (χ1n) is 18.4. The minimum atomic E-state index is -0.250. The second-order valence-electron chi connectivity index (χ2n) is 13.7. The van der Waals surface area contributed by atoms with Crippen molar-refractivity contribution in [2.45, 2.75) is 45.6 Å². The van der Waals surface area contributed by atoms with Gasteiger partial charge in [-0.1, -0.05) is 0 Å². The van der Waals surface area contributed by atoms with Crippen LogP contribution < -0.4 is 24.4 Å². The Labute approximate surface area is 321 Å². The molecule has 1 fully saturated rings. The van der Waals surface area contributed by atoms with Crippen molar-refractivity contribution in [3.05, 3.63) is 71.3 Å². The molecule has 2 aliphatic rings. The Morgan fingerprint density at radius 1 is 1.00 bits per heavy atom. The molecule has 2 bridgehead atoms. The first kappa shape index (κ1) is 40.3. The molecule has 5 heterocycles. The summed E-state index contributed by atoms with van der Waals surface area (Å²) in [5.74, 6) is 2.11. The summed E-state index contributed by atoms with van der Waals surface area (Å²) in [5.41, 5.74) is 3.96. The van der Waals surface area contributed by atoms with Gasteiger partial charge in [0.25, 0.3) is 12.4 Å². The molecule has 0 spiro atoms. The molecule has 1 saturated heterocycles. The molecule has 55 heavy (non-hydrogen) atoms. The van der Waals surface area contributed by atoms with Gasteiger partial charge in [-0.25, -0.2) is 4.98 Å². The molecule has 4 aromatic rings. The maximum Gasteiger partial charge on any atom is 0.290 e. The fourth-order valence-electron chi connectivity index (χ4n) is 7.24. The third kappa shape index (κ3) is 9.63. The smallest absolute Gasteiger partial charge is 0.290 e. The molecule has 15 nitrogen and oxygen atoms in total. The monoisotopic (exact) mass is 757 g/mol. The van der Waals surface area contributed by atoms with Gasteiger partial charge in [0.15, 0.2) is 11.5 Å². The highest BCUT2D eigenvalue weighted by Gasteiger charge is 2.29. The van der Waals surface area contributed by atoms with E-state index in [0.29, 0.717) is 47.8 Å². The standard InChI is InChI=1S/C39H49N7O6.CH2O2/c1-26-30(12-17-43(26)2)39(49)46-20-19-44(35(48)9-8-27-10-14-40-15-11-27)18-13-34(47)41-23-28-7-6-16-45(24-28)38-29(25-46)21-31-32(42-38)22-33(50-3)37(52-5)36(31)51-4;2-1-3/h10-12,14-15,17,21-22,28H,6-9,13,16,18-20,23-25H2,1-5H3,(H,41,47);1H,(H,2,3). The molecule has 6 rings (SSSR count). The van der Waals surface area contributed by atoms with Gasteiger partial charge in [0.2, 0.25) is 17.6 Å². The van der Waals surface area contributed by atoms with Gasteiger partial charge in [0, 0.05) is 107 Å². The molecule has 1 unspecified atom stereocenters. The number of nitrogens with zero attached hydrogens (tertiary/aromatic N) is 6. The summed E-state index contributed by atoms with van der Waals surface area (Å²) in [6, 6.07) is 9.52. The van der Waals surface area contributed by atoms with Crippen LogP contribution in [0, 0.1) is 12.8 Å². The first-order valence-corrected chi connectivity index (χ1v) is 18.4. The quantitative estimate of drug-likeness (QED) is 0.263. The van der Waals surface area contributed by atoms with E-state index >= 15 is 0 Å². The number of carboxylic acid groups (broad SMARTS) is 1. The van der Waals surface area contributed by atoms with Crippen LogP contribution in [0.5, 0.6) is 17.2 Å². The number of fused-ring (bicyclic) bond motifs is 5. The number of rotatable bonds is 7. The van der Waals surface area contributed by atoms with Crippen LogP contribution >= 0.6 is 0 Å². The molecule has 294 valence electrons. The number of aromatic nitrogens is 3. The van der Waals surface area contributed by atoms with Gasteiger partial charge in [-0.15, -0.1) is 0 Å². The van der Waals surface area contributed by atoms with Gasteiger partial charge in [0.05, 0.1) is 32.4 Å². The maximum atomic E-state index is 14.5. The van der Waals surface area contributed by atoms with E-state index in [1.807, 2.05) is 55.1 Å². The zero-order chi connectivity index (χ0) is 39.5. The predicted molar refractivity (Wildman–Crippen MR) is 207 cm³/mol. The highest BCUT2D eigenvalue weighted by atomic mass is 16.5. The van der Waals surface area contributed by atoms with Crippen LogP contribution in [-0.2, 0) is 34.4 Å². The maximum absolute atomic E-state index is 14.5. The Morgan fingerprint density at radius 3 is 2.40 bits per heavy atom. The molecule has 0 saturated carbocycles. The number of ether oxygens (including phenoxy) is 3. The largest absolute Gasteiger partial charge is 0.493 e. The highest BCUT2D eigenvalue weighted by Crippen LogP contribution is 2.44. The summed E-state index contributed by atoms with van der Waals surface area (Å²) >= 11 is 0. The third-order valence-corrected chi connectivity index (χ3v) is 10.3. The topological polar surface area (TPSA) is 169 Å². The van der Waals surface area contributed by atoms with E-state index in [4.69, 9.17) is 29.1 Å². The lowest BCUT2D eigenvalue weighted by Gasteiger charge is -2.35. The Hall–Kier alpha value is -5.86. The molecule has 0 aliphatic carbocycles. The van der Waals surface area contributed by atoms with Gasteiger partial charge in [-0.2, -0.15) is 0 Å². The molecular weight excluding hydrogens is 706 g/mol. The zero-order valence-corrected chi connectivity index (χ0v) is 32.2. The minimum Gasteiger partial charge on any atom is -0.493 e. The van der Waals surface area contributed by atoms with Crippen molar-refractivity contribution in [1.29, 1.82) is 0 Å². The van der Waals surface area contributed by atoms with Gasteiger partial charge in [-0.05, 0) is 61.9 Å². The zero-order valence-electron chi connectivity index (χ0n) is 32.2. The van der Waals surface area contributed by atoms with E-state index in [2.05, 4.69) is 15.2 Å². The van der Waals surface area contributed by atoms with E-state index in [1.165, 1.54) is 0 Å². The number of piperidine rings is 1. The fraction of sp³-hybridized carbons (Fsp3) is 0.450. The predicted octanol–water partition coefficient (Wildman–Crippen LogP) is 3.84. The third-order valence-electron chi connectivity index (χ3n) is 10.3. The number of aryl methyl sites for hydroxylation is 2. The van der Waals surface area contributed by atoms with Crippen LogP contribution in [0.3, 0.4) is 0 Å². The molecule has 3 aromatic heterocycles. The van der Waals surface area contributed by atoms with E-state index in [9.17, 15) is 14.4 Å². The molecular formula is C40H51N7O8. The Morgan fingerprint density at radius 2 is 1.73 bits per heavy atom. The van der Waals surface area contributed by atoms with E-state index in [1.54, 1.807) is 43.5 Å². The number of anilines is 1. The summed E-state index contributed by atoms with van der Waals surface area (Å²) in [4.78, 5) is 64.9. The number of carbonyl (C=O) groups is 4. The molecule has 2 N–H and O–H groups in total. The second-order valence-corrected chi connectivity index (χ2v) is 13.7. The lowest BCUT2D eigenvalue weighted by atomic mass is 9.97. The van der Waals surface area contributed by atoms with E-state index in [0.717, 1.165) is 47.4 Å². The number of hydrogen-bond donors (Lipinski definition) is 2. The van der Waals surface area contributed by atoms with Crippen LogP contribution in [0.1, 0.15) is 52.9 Å². The Balaban J connectivity index is 0.00000187. The average Bonchev–Trinajstić information content (AvgIpc) is 3.54. The van der Waals surface area contributed by atoms with Gasteiger partial charge in [-0.3, -0.25) is 24.2 Å². The number of nitrogens with one attached hydrogen (secondary N) is 1. The normalized spacial score (nSPS) is 16.4.